The van der Waals surface area contributed by atoms with Gasteiger partial charge in [0.25, 0.3) is 0 Å². The van der Waals surface area contributed by atoms with E-state index in [1.54, 1.807) is 0 Å². The fourth-order valence-corrected chi connectivity index (χ4v) is 3.18. The lowest BCUT2D eigenvalue weighted by Crippen LogP contribution is -2.37. The third-order valence-corrected chi connectivity index (χ3v) is 4.28. The van der Waals surface area contributed by atoms with Gasteiger partial charge in [0.05, 0.1) is 10.7 Å². The van der Waals surface area contributed by atoms with Gasteiger partial charge in [0.2, 0.25) is 0 Å². The van der Waals surface area contributed by atoms with Gasteiger partial charge in [-0.2, -0.15) is 0 Å². The number of likely N-dealkylation sites (N-methyl/N-ethyl adjacent to an activating group) is 1. The van der Waals surface area contributed by atoms with Crippen LogP contribution in [-0.4, -0.2) is 40.0 Å². The van der Waals surface area contributed by atoms with Crippen molar-refractivity contribution < 1.29 is 0 Å². The molecule has 3 rings (SSSR count). The van der Waals surface area contributed by atoms with Crippen molar-refractivity contribution in [2.45, 2.75) is 32.4 Å². The third-order valence-electron chi connectivity index (χ3n) is 4.06. The number of nitrogens with one attached hydrogen (secondary N) is 1. The number of rotatable bonds is 5. The highest BCUT2D eigenvalue weighted by Crippen LogP contribution is 2.16. The fraction of sp³-hybridized carbons (Fsp3) is 0.533. The van der Waals surface area contributed by atoms with Crippen LogP contribution < -0.4 is 5.32 Å². The molecule has 5 heteroatoms. The molecule has 0 spiro atoms. The van der Waals surface area contributed by atoms with Crippen LogP contribution in [0, 0.1) is 0 Å². The number of halogens is 1. The molecule has 0 amide bonds. The molecule has 1 unspecified atom stereocenters. The lowest BCUT2D eigenvalue weighted by atomic mass is 10.2. The first-order valence-electron chi connectivity index (χ1n) is 7.34. The van der Waals surface area contributed by atoms with Crippen molar-refractivity contribution >= 4 is 17.2 Å². The molecular weight excluding hydrogens is 272 g/mol. The Hall–Kier alpha value is -1.10. The van der Waals surface area contributed by atoms with Crippen LogP contribution in [0.5, 0.6) is 0 Å². The zero-order valence-electron chi connectivity index (χ0n) is 11.8. The summed E-state index contributed by atoms with van der Waals surface area (Å²) in [4.78, 5) is 7.14. The second-order valence-electron chi connectivity index (χ2n) is 5.40. The molecule has 20 heavy (non-hydrogen) atoms. The van der Waals surface area contributed by atoms with Gasteiger partial charge in [-0.3, -0.25) is 4.90 Å². The summed E-state index contributed by atoms with van der Waals surface area (Å²) in [5, 5.41) is 4.27. The van der Waals surface area contributed by atoms with E-state index < -0.39 is 0 Å². The molecule has 4 nitrogen and oxygen atoms in total. The third kappa shape index (κ3) is 2.97. The Morgan fingerprint density at radius 2 is 2.30 bits per heavy atom. The summed E-state index contributed by atoms with van der Waals surface area (Å²) in [7, 11) is 0. The van der Waals surface area contributed by atoms with E-state index in [1.807, 2.05) is 28.9 Å². The Balaban J connectivity index is 1.57. The minimum absolute atomic E-state index is 0.687. The SMILES string of the molecule is CCN1CCCC1CNCc1cn2cc(Cl)ccc2n1. The van der Waals surface area contributed by atoms with Crippen molar-refractivity contribution in [2.24, 2.45) is 0 Å². The van der Waals surface area contributed by atoms with Gasteiger partial charge in [0.1, 0.15) is 5.65 Å². The van der Waals surface area contributed by atoms with Crippen molar-refractivity contribution in [3.8, 4) is 0 Å². The first-order chi connectivity index (χ1) is 9.76. The lowest BCUT2D eigenvalue weighted by Gasteiger charge is -2.22. The molecule has 1 atom stereocenters. The Kier molecular flexibility index (Phi) is 4.24. The van der Waals surface area contributed by atoms with Crippen molar-refractivity contribution in [3.63, 3.8) is 0 Å². The van der Waals surface area contributed by atoms with Gasteiger partial charge in [-0.1, -0.05) is 18.5 Å². The number of imidazole rings is 1. The van der Waals surface area contributed by atoms with Crippen LogP contribution in [0.25, 0.3) is 5.65 Å². The van der Waals surface area contributed by atoms with Crippen LogP contribution in [0.3, 0.4) is 0 Å². The number of fused-ring (bicyclic) bond motifs is 1. The van der Waals surface area contributed by atoms with E-state index in [0.717, 1.165) is 36.0 Å². The summed E-state index contributed by atoms with van der Waals surface area (Å²) in [6.07, 6.45) is 6.57. The number of likely N-dealkylation sites (tertiary alicyclic amines) is 1. The zero-order valence-corrected chi connectivity index (χ0v) is 12.6. The standard InChI is InChI=1S/C15H21ClN4/c1-2-19-7-3-4-14(19)9-17-8-13-11-20-10-12(16)5-6-15(20)18-13/h5-6,10-11,14,17H,2-4,7-9H2,1H3. The van der Waals surface area contributed by atoms with E-state index in [0.29, 0.717) is 6.04 Å². The number of nitrogens with zero attached hydrogens (tertiary/aromatic N) is 3. The fourth-order valence-electron chi connectivity index (χ4n) is 3.01. The molecule has 0 bridgehead atoms. The van der Waals surface area contributed by atoms with Gasteiger partial charge in [0.15, 0.2) is 0 Å². The predicted octanol–water partition coefficient (Wildman–Crippen LogP) is 2.56. The van der Waals surface area contributed by atoms with E-state index in [2.05, 4.69) is 22.1 Å². The number of aromatic nitrogens is 2. The maximum absolute atomic E-state index is 5.98. The average molecular weight is 293 g/mol. The van der Waals surface area contributed by atoms with Crippen LogP contribution in [0.2, 0.25) is 5.02 Å². The summed E-state index contributed by atoms with van der Waals surface area (Å²) in [5.74, 6) is 0. The molecule has 1 fully saturated rings. The van der Waals surface area contributed by atoms with E-state index >= 15 is 0 Å². The normalized spacial score (nSPS) is 20.0. The summed E-state index contributed by atoms with van der Waals surface area (Å²) in [5.41, 5.74) is 2.01. The molecule has 1 N–H and O–H groups in total. The van der Waals surface area contributed by atoms with Gasteiger partial charge in [-0.25, -0.2) is 4.98 Å². The smallest absolute Gasteiger partial charge is 0.137 e. The number of pyridine rings is 1. The first-order valence-corrected chi connectivity index (χ1v) is 7.72. The predicted molar refractivity (Wildman–Crippen MR) is 82.2 cm³/mol. The summed E-state index contributed by atoms with van der Waals surface area (Å²) in [6.45, 7) is 6.49. The minimum atomic E-state index is 0.687. The van der Waals surface area contributed by atoms with Crippen molar-refractivity contribution in [2.75, 3.05) is 19.6 Å². The highest BCUT2D eigenvalue weighted by Gasteiger charge is 2.22. The molecule has 108 valence electrons. The molecule has 0 radical (unpaired) electrons. The maximum Gasteiger partial charge on any atom is 0.137 e. The van der Waals surface area contributed by atoms with Crippen molar-refractivity contribution in [1.29, 1.82) is 0 Å². The lowest BCUT2D eigenvalue weighted by molar-refractivity contribution is 0.259. The summed E-state index contributed by atoms with van der Waals surface area (Å²) in [6, 6.07) is 4.51. The van der Waals surface area contributed by atoms with Crippen LogP contribution in [0.1, 0.15) is 25.5 Å². The average Bonchev–Trinajstić information content (AvgIpc) is 3.04. The molecule has 3 heterocycles. The minimum Gasteiger partial charge on any atom is -0.310 e. The quantitative estimate of drug-likeness (QED) is 0.919. The topological polar surface area (TPSA) is 32.6 Å². The van der Waals surface area contributed by atoms with Crippen molar-refractivity contribution in [3.05, 3.63) is 35.2 Å². The van der Waals surface area contributed by atoms with Crippen LogP contribution in [0.15, 0.2) is 24.5 Å². The van der Waals surface area contributed by atoms with Gasteiger partial charge < -0.3 is 9.72 Å². The molecule has 1 saturated heterocycles. The first kappa shape index (κ1) is 13.9. The number of hydrogen-bond donors (Lipinski definition) is 1. The zero-order chi connectivity index (χ0) is 13.9. The van der Waals surface area contributed by atoms with E-state index in [4.69, 9.17) is 11.6 Å². The molecule has 1 aliphatic rings. The van der Waals surface area contributed by atoms with Gasteiger partial charge in [0, 0.05) is 31.5 Å². The second-order valence-corrected chi connectivity index (χ2v) is 5.84. The monoisotopic (exact) mass is 292 g/mol. The van der Waals surface area contributed by atoms with Gasteiger partial charge in [-0.15, -0.1) is 0 Å². The summed E-state index contributed by atoms with van der Waals surface area (Å²) < 4.78 is 1.98. The van der Waals surface area contributed by atoms with E-state index in [-0.39, 0.29) is 0 Å². The molecule has 0 aliphatic carbocycles. The van der Waals surface area contributed by atoms with Crippen molar-refractivity contribution in [1.82, 2.24) is 19.6 Å². The van der Waals surface area contributed by atoms with Crippen LogP contribution in [-0.2, 0) is 6.54 Å². The van der Waals surface area contributed by atoms with Crippen LogP contribution in [0.4, 0.5) is 0 Å². The van der Waals surface area contributed by atoms with Gasteiger partial charge in [-0.05, 0) is 38.1 Å². The molecule has 0 saturated carbocycles. The Morgan fingerprint density at radius 1 is 1.40 bits per heavy atom. The summed E-state index contributed by atoms with van der Waals surface area (Å²) >= 11 is 5.98. The molecule has 2 aromatic heterocycles. The maximum atomic E-state index is 5.98. The van der Waals surface area contributed by atoms with Crippen LogP contribution >= 0.6 is 11.6 Å². The van der Waals surface area contributed by atoms with E-state index in [1.165, 1.54) is 19.4 Å². The molecule has 1 aliphatic heterocycles. The second kappa shape index (κ2) is 6.12. The Labute approximate surface area is 124 Å². The molecule has 0 aromatic carbocycles. The Morgan fingerprint density at radius 3 is 3.15 bits per heavy atom. The highest BCUT2D eigenvalue weighted by atomic mass is 35.5. The number of hydrogen-bond acceptors (Lipinski definition) is 3. The molecular formula is C15H21ClN4. The highest BCUT2D eigenvalue weighted by molar-refractivity contribution is 6.30. The van der Waals surface area contributed by atoms with E-state index in [9.17, 15) is 0 Å². The largest absolute Gasteiger partial charge is 0.310 e. The molecule has 2 aromatic rings. The van der Waals surface area contributed by atoms with Gasteiger partial charge >= 0.3 is 0 Å². The Bertz CT molecular complexity index is 580.